The van der Waals surface area contributed by atoms with Gasteiger partial charge in [-0.1, -0.05) is 24.3 Å². The van der Waals surface area contributed by atoms with Crippen LogP contribution in [0.3, 0.4) is 0 Å². The van der Waals surface area contributed by atoms with Gasteiger partial charge in [-0.05, 0) is 36.5 Å². The summed E-state index contributed by atoms with van der Waals surface area (Å²) in [7, 11) is 0. The minimum Gasteiger partial charge on any atom is -0.468 e. The average molecular weight is 255 g/mol. The van der Waals surface area contributed by atoms with Gasteiger partial charge in [-0.25, -0.2) is 0 Å². The molecule has 1 aromatic carbocycles. The number of benzene rings is 1. The van der Waals surface area contributed by atoms with Crippen molar-refractivity contribution in [3.05, 3.63) is 53.2 Å². The Kier molecular flexibility index (Phi) is 3.42. The molecule has 1 atom stereocenters. The molecule has 0 aliphatic heterocycles. The second-order valence-electron chi connectivity index (χ2n) is 4.76. The van der Waals surface area contributed by atoms with Crippen molar-refractivity contribution in [2.75, 3.05) is 0 Å². The molecule has 1 aliphatic carbocycles. The van der Waals surface area contributed by atoms with E-state index in [1.807, 2.05) is 6.07 Å². The summed E-state index contributed by atoms with van der Waals surface area (Å²) in [4.78, 5) is 0. The maximum Gasteiger partial charge on any atom is 0.238 e. The van der Waals surface area contributed by atoms with Crippen LogP contribution in [0.5, 0.6) is 5.88 Å². The average Bonchev–Trinajstić information content (AvgIpc) is 2.48. The molecule has 2 N–H and O–H groups in total. The highest BCUT2D eigenvalue weighted by molar-refractivity contribution is 5.33. The largest absolute Gasteiger partial charge is 0.468 e. The quantitative estimate of drug-likeness (QED) is 0.914. The number of hydrogen-bond acceptors (Lipinski definition) is 4. The Balaban J connectivity index is 1.88. The van der Waals surface area contributed by atoms with E-state index < -0.39 is 0 Å². The van der Waals surface area contributed by atoms with Gasteiger partial charge >= 0.3 is 0 Å². The second-order valence-corrected chi connectivity index (χ2v) is 4.76. The van der Waals surface area contributed by atoms with Gasteiger partial charge in [0, 0.05) is 12.1 Å². The van der Waals surface area contributed by atoms with Crippen molar-refractivity contribution in [3.8, 4) is 5.88 Å². The Morgan fingerprint density at radius 3 is 3.05 bits per heavy atom. The fourth-order valence-electron chi connectivity index (χ4n) is 2.57. The molecule has 1 unspecified atom stereocenters. The van der Waals surface area contributed by atoms with Crippen LogP contribution in [0.4, 0.5) is 0 Å². The van der Waals surface area contributed by atoms with Crippen LogP contribution in [0.2, 0.25) is 0 Å². The third-order valence-corrected chi connectivity index (χ3v) is 3.55. The van der Waals surface area contributed by atoms with Crippen LogP contribution in [-0.4, -0.2) is 10.2 Å². The summed E-state index contributed by atoms with van der Waals surface area (Å²) in [5.41, 5.74) is 9.24. The van der Waals surface area contributed by atoms with Crippen molar-refractivity contribution in [1.29, 1.82) is 0 Å². The summed E-state index contributed by atoms with van der Waals surface area (Å²) >= 11 is 0. The third-order valence-electron chi connectivity index (χ3n) is 3.55. The third kappa shape index (κ3) is 2.44. The molecule has 4 nitrogen and oxygen atoms in total. The first-order valence-electron chi connectivity index (χ1n) is 6.63. The van der Waals surface area contributed by atoms with Crippen LogP contribution in [0.1, 0.15) is 35.6 Å². The molecule has 1 aliphatic rings. The summed E-state index contributed by atoms with van der Waals surface area (Å²) in [6.07, 6.45) is 4.98. The van der Waals surface area contributed by atoms with Crippen molar-refractivity contribution in [3.63, 3.8) is 0 Å². The molecular formula is C15H17N3O. The molecule has 1 heterocycles. The summed E-state index contributed by atoms with van der Waals surface area (Å²) in [6.45, 7) is 0.416. The number of nitrogens with zero attached hydrogens (tertiary/aromatic N) is 2. The lowest BCUT2D eigenvalue weighted by Gasteiger charge is -2.26. The summed E-state index contributed by atoms with van der Waals surface area (Å²) in [6, 6.07) is 10.3. The molecule has 1 aromatic heterocycles. The smallest absolute Gasteiger partial charge is 0.238 e. The number of nitrogens with two attached hydrogens (primary N) is 1. The number of rotatable bonds is 3. The van der Waals surface area contributed by atoms with Gasteiger partial charge in [-0.15, -0.1) is 5.10 Å². The molecule has 0 fully saturated rings. The zero-order valence-corrected chi connectivity index (χ0v) is 10.7. The first-order chi connectivity index (χ1) is 9.38. The van der Waals surface area contributed by atoms with E-state index in [4.69, 9.17) is 10.5 Å². The number of hydrogen-bond donors (Lipinski definition) is 1. The fraction of sp³-hybridized carbons (Fsp3) is 0.333. The fourth-order valence-corrected chi connectivity index (χ4v) is 2.57. The van der Waals surface area contributed by atoms with E-state index in [2.05, 4.69) is 34.5 Å². The Morgan fingerprint density at radius 2 is 2.16 bits per heavy atom. The molecule has 0 amide bonds. The Bertz CT molecular complexity index is 571. The van der Waals surface area contributed by atoms with E-state index >= 15 is 0 Å². The zero-order valence-electron chi connectivity index (χ0n) is 10.7. The molecule has 0 radical (unpaired) electrons. The Hall–Kier alpha value is -1.94. The molecule has 0 saturated carbocycles. The van der Waals surface area contributed by atoms with Crippen LogP contribution in [0.25, 0.3) is 0 Å². The number of aromatic nitrogens is 2. The van der Waals surface area contributed by atoms with Crippen molar-refractivity contribution >= 4 is 0 Å². The van der Waals surface area contributed by atoms with Gasteiger partial charge < -0.3 is 10.5 Å². The second kappa shape index (κ2) is 5.36. The minimum absolute atomic E-state index is 0.0620. The van der Waals surface area contributed by atoms with Gasteiger partial charge in [-0.3, -0.25) is 0 Å². The molecule has 98 valence electrons. The highest BCUT2D eigenvalue weighted by Crippen LogP contribution is 2.33. The van der Waals surface area contributed by atoms with Gasteiger partial charge in [0.05, 0.1) is 6.20 Å². The van der Waals surface area contributed by atoms with Crippen molar-refractivity contribution in [2.45, 2.75) is 31.9 Å². The van der Waals surface area contributed by atoms with E-state index in [-0.39, 0.29) is 6.10 Å². The lowest BCUT2D eigenvalue weighted by atomic mass is 9.89. The molecule has 4 heteroatoms. The van der Waals surface area contributed by atoms with Gasteiger partial charge in [-0.2, -0.15) is 5.10 Å². The standard InChI is InChI=1S/C15H17N3O/c16-10-12-8-9-17-18-15(12)19-14-7-3-5-11-4-1-2-6-13(11)14/h1-2,4,6,8-9,14H,3,5,7,10,16H2. The first-order valence-corrected chi connectivity index (χ1v) is 6.63. The van der Waals surface area contributed by atoms with Crippen LogP contribution in [0.15, 0.2) is 36.5 Å². The molecule has 0 bridgehead atoms. The SMILES string of the molecule is NCc1ccnnc1OC1CCCc2ccccc21. The van der Waals surface area contributed by atoms with E-state index in [0.29, 0.717) is 12.4 Å². The highest BCUT2D eigenvalue weighted by atomic mass is 16.5. The maximum atomic E-state index is 6.05. The minimum atomic E-state index is 0.0620. The van der Waals surface area contributed by atoms with E-state index in [1.54, 1.807) is 6.20 Å². The predicted octanol–water partition coefficient (Wildman–Crippen LogP) is 2.39. The number of fused-ring (bicyclic) bond motifs is 1. The van der Waals surface area contributed by atoms with Crippen LogP contribution >= 0.6 is 0 Å². The van der Waals surface area contributed by atoms with Crippen LogP contribution in [-0.2, 0) is 13.0 Å². The predicted molar refractivity (Wildman–Crippen MR) is 72.7 cm³/mol. The summed E-state index contributed by atoms with van der Waals surface area (Å²) < 4.78 is 6.05. The monoisotopic (exact) mass is 255 g/mol. The molecule has 2 aromatic rings. The highest BCUT2D eigenvalue weighted by Gasteiger charge is 2.22. The van der Waals surface area contributed by atoms with Gasteiger partial charge in [0.25, 0.3) is 0 Å². The van der Waals surface area contributed by atoms with Crippen LogP contribution in [0, 0.1) is 0 Å². The van der Waals surface area contributed by atoms with Gasteiger partial charge in [0.15, 0.2) is 0 Å². The number of ether oxygens (including phenoxy) is 1. The zero-order chi connectivity index (χ0) is 13.1. The van der Waals surface area contributed by atoms with Crippen molar-refractivity contribution in [1.82, 2.24) is 10.2 Å². The van der Waals surface area contributed by atoms with Crippen molar-refractivity contribution < 1.29 is 4.74 Å². The molecule has 0 spiro atoms. The first kappa shape index (κ1) is 12.1. The van der Waals surface area contributed by atoms with Gasteiger partial charge in [0.2, 0.25) is 5.88 Å². The topological polar surface area (TPSA) is 61.0 Å². The normalized spacial score (nSPS) is 17.8. The molecule has 3 rings (SSSR count). The molecular weight excluding hydrogens is 238 g/mol. The molecule has 19 heavy (non-hydrogen) atoms. The summed E-state index contributed by atoms with van der Waals surface area (Å²) in [5, 5.41) is 7.95. The lowest BCUT2D eigenvalue weighted by molar-refractivity contribution is 0.172. The van der Waals surface area contributed by atoms with Gasteiger partial charge in [0.1, 0.15) is 6.10 Å². The van der Waals surface area contributed by atoms with Crippen LogP contribution < -0.4 is 10.5 Å². The number of aryl methyl sites for hydroxylation is 1. The van der Waals surface area contributed by atoms with Crippen molar-refractivity contribution in [2.24, 2.45) is 5.73 Å². The Labute approximate surface area is 112 Å². The maximum absolute atomic E-state index is 6.05. The van der Waals surface area contributed by atoms with E-state index in [1.165, 1.54) is 11.1 Å². The lowest BCUT2D eigenvalue weighted by Crippen LogP contribution is -2.17. The Morgan fingerprint density at radius 1 is 1.26 bits per heavy atom. The summed E-state index contributed by atoms with van der Waals surface area (Å²) in [5.74, 6) is 0.562. The molecule has 0 saturated heterocycles. The van der Waals surface area contributed by atoms with E-state index in [9.17, 15) is 0 Å². The van der Waals surface area contributed by atoms with E-state index in [0.717, 1.165) is 24.8 Å².